The zero-order chi connectivity index (χ0) is 23.6. The molecule has 9 heteroatoms. The van der Waals surface area contributed by atoms with Gasteiger partial charge in [0, 0.05) is 0 Å². The van der Waals surface area contributed by atoms with Crippen molar-refractivity contribution in [2.75, 3.05) is 6.54 Å². The second kappa shape index (κ2) is 11.9. The molecule has 0 saturated heterocycles. The van der Waals surface area contributed by atoms with E-state index in [2.05, 4.69) is 16.0 Å². The van der Waals surface area contributed by atoms with Gasteiger partial charge in [-0.2, -0.15) is 0 Å². The number of nitrogens with one attached hydrogen (secondary N) is 3. The van der Waals surface area contributed by atoms with Gasteiger partial charge in [-0.1, -0.05) is 44.2 Å². The Bertz CT molecular complexity index is 758. The van der Waals surface area contributed by atoms with Crippen LogP contribution in [0.15, 0.2) is 30.3 Å². The van der Waals surface area contributed by atoms with Crippen LogP contribution in [0.2, 0.25) is 0 Å². The quantitative estimate of drug-likeness (QED) is 0.509. The minimum Gasteiger partial charge on any atom is -0.460 e. The van der Waals surface area contributed by atoms with Gasteiger partial charge in [-0.05, 0) is 39.2 Å². The monoisotopic (exact) mass is 435 g/mol. The normalized spacial score (nSPS) is 13.0. The number of benzene rings is 1. The number of hydrogen-bond donors (Lipinski definition) is 3. The van der Waals surface area contributed by atoms with Crippen LogP contribution in [0.5, 0.6) is 0 Å². The Hall–Kier alpha value is -3.10. The Labute approximate surface area is 183 Å². The number of amides is 3. The Morgan fingerprint density at radius 1 is 0.935 bits per heavy atom. The van der Waals surface area contributed by atoms with Gasteiger partial charge in [0.15, 0.2) is 0 Å². The molecule has 1 rings (SSSR count). The van der Waals surface area contributed by atoms with Crippen LogP contribution in [-0.4, -0.2) is 48.1 Å². The average molecular weight is 436 g/mol. The molecule has 0 radical (unpaired) electrons. The second-order valence-electron chi connectivity index (χ2n) is 8.46. The first-order valence-corrected chi connectivity index (χ1v) is 10.2. The van der Waals surface area contributed by atoms with Gasteiger partial charge in [-0.3, -0.25) is 14.4 Å². The molecule has 2 unspecified atom stereocenters. The SMILES string of the molecule is CC(NC(=O)OC(C)(C)C)C(=O)NC(C(=O)NCC(=O)OCc1ccccc1)C(C)C. The maximum atomic E-state index is 12.5. The number of hydrogen-bond acceptors (Lipinski definition) is 6. The third-order valence-electron chi connectivity index (χ3n) is 4.02. The van der Waals surface area contributed by atoms with E-state index >= 15 is 0 Å². The van der Waals surface area contributed by atoms with Crippen LogP contribution in [0, 0.1) is 5.92 Å². The van der Waals surface area contributed by atoms with E-state index in [0.717, 1.165) is 5.56 Å². The molecule has 0 saturated carbocycles. The van der Waals surface area contributed by atoms with Gasteiger partial charge >= 0.3 is 12.1 Å². The molecular formula is C22H33N3O6. The van der Waals surface area contributed by atoms with E-state index in [0.29, 0.717) is 0 Å². The Balaban J connectivity index is 2.52. The Morgan fingerprint density at radius 2 is 1.55 bits per heavy atom. The first kappa shape index (κ1) is 25.9. The van der Waals surface area contributed by atoms with Crippen molar-refractivity contribution in [1.29, 1.82) is 0 Å². The van der Waals surface area contributed by atoms with Crippen molar-refractivity contribution in [3.05, 3.63) is 35.9 Å². The highest BCUT2D eigenvalue weighted by molar-refractivity contribution is 5.92. The average Bonchev–Trinajstić information content (AvgIpc) is 2.67. The number of ether oxygens (including phenoxy) is 2. The fourth-order valence-corrected chi connectivity index (χ4v) is 2.42. The Kier molecular flexibility index (Phi) is 9.98. The largest absolute Gasteiger partial charge is 0.460 e. The van der Waals surface area contributed by atoms with E-state index in [1.807, 2.05) is 30.3 Å². The van der Waals surface area contributed by atoms with E-state index < -0.39 is 41.6 Å². The smallest absolute Gasteiger partial charge is 0.408 e. The molecule has 3 amide bonds. The van der Waals surface area contributed by atoms with Gasteiger partial charge in [-0.15, -0.1) is 0 Å². The summed E-state index contributed by atoms with van der Waals surface area (Å²) in [6.45, 7) is 9.90. The van der Waals surface area contributed by atoms with Crippen molar-refractivity contribution in [1.82, 2.24) is 16.0 Å². The summed E-state index contributed by atoms with van der Waals surface area (Å²) in [6, 6.07) is 7.36. The minimum atomic E-state index is -0.917. The van der Waals surface area contributed by atoms with Gasteiger partial charge in [0.25, 0.3) is 0 Å². The number of carbonyl (C=O) groups is 4. The van der Waals surface area contributed by atoms with Crippen LogP contribution in [0.25, 0.3) is 0 Å². The molecule has 3 N–H and O–H groups in total. The summed E-state index contributed by atoms with van der Waals surface area (Å²) in [5, 5.41) is 7.49. The van der Waals surface area contributed by atoms with Crippen molar-refractivity contribution in [3.8, 4) is 0 Å². The first-order valence-electron chi connectivity index (χ1n) is 10.2. The molecule has 31 heavy (non-hydrogen) atoms. The van der Waals surface area contributed by atoms with Crippen LogP contribution in [0.3, 0.4) is 0 Å². The molecule has 0 bridgehead atoms. The lowest BCUT2D eigenvalue weighted by molar-refractivity contribution is -0.145. The van der Waals surface area contributed by atoms with Crippen LogP contribution >= 0.6 is 0 Å². The van der Waals surface area contributed by atoms with E-state index in [1.54, 1.807) is 34.6 Å². The number of alkyl carbamates (subject to hydrolysis) is 1. The van der Waals surface area contributed by atoms with Crippen molar-refractivity contribution in [2.24, 2.45) is 5.92 Å². The molecule has 9 nitrogen and oxygen atoms in total. The third-order valence-corrected chi connectivity index (χ3v) is 4.02. The molecule has 0 aliphatic heterocycles. The number of carbonyl (C=O) groups excluding carboxylic acids is 4. The summed E-state index contributed by atoms with van der Waals surface area (Å²) in [5.41, 5.74) is 0.136. The lowest BCUT2D eigenvalue weighted by Crippen LogP contribution is -2.55. The van der Waals surface area contributed by atoms with Gasteiger partial charge in [0.1, 0.15) is 30.8 Å². The molecule has 1 aromatic carbocycles. The van der Waals surface area contributed by atoms with Crippen LogP contribution in [-0.2, 0) is 30.5 Å². The maximum absolute atomic E-state index is 12.5. The highest BCUT2D eigenvalue weighted by atomic mass is 16.6. The molecule has 0 spiro atoms. The molecular weight excluding hydrogens is 402 g/mol. The van der Waals surface area contributed by atoms with Crippen molar-refractivity contribution in [3.63, 3.8) is 0 Å². The lowest BCUT2D eigenvalue weighted by Gasteiger charge is -2.25. The first-order chi connectivity index (χ1) is 14.4. The second-order valence-corrected chi connectivity index (χ2v) is 8.46. The van der Waals surface area contributed by atoms with Crippen LogP contribution in [0.4, 0.5) is 4.79 Å². The van der Waals surface area contributed by atoms with Crippen molar-refractivity contribution >= 4 is 23.9 Å². The summed E-state index contributed by atoms with van der Waals surface area (Å²) in [4.78, 5) is 48.6. The topological polar surface area (TPSA) is 123 Å². The fourth-order valence-electron chi connectivity index (χ4n) is 2.42. The van der Waals surface area contributed by atoms with Crippen LogP contribution < -0.4 is 16.0 Å². The summed E-state index contributed by atoms with van der Waals surface area (Å²) in [7, 11) is 0. The molecule has 2 atom stereocenters. The number of rotatable bonds is 9. The summed E-state index contributed by atoms with van der Waals surface area (Å²) >= 11 is 0. The predicted molar refractivity (Wildman–Crippen MR) is 115 cm³/mol. The van der Waals surface area contributed by atoms with Gasteiger partial charge < -0.3 is 25.4 Å². The predicted octanol–water partition coefficient (Wildman–Crippen LogP) is 1.90. The van der Waals surface area contributed by atoms with E-state index in [1.165, 1.54) is 6.92 Å². The standard InChI is InChI=1S/C22H33N3O6/c1-14(2)18(25-19(27)15(3)24-21(29)31-22(4,5)6)20(28)23-12-17(26)30-13-16-10-8-7-9-11-16/h7-11,14-15,18H,12-13H2,1-6H3,(H,23,28)(H,24,29)(H,25,27). The number of esters is 1. The maximum Gasteiger partial charge on any atom is 0.408 e. The van der Waals surface area contributed by atoms with Gasteiger partial charge in [0.2, 0.25) is 11.8 Å². The molecule has 0 aliphatic rings. The zero-order valence-electron chi connectivity index (χ0n) is 19.0. The van der Waals surface area contributed by atoms with E-state index in [9.17, 15) is 19.2 Å². The fraction of sp³-hybridized carbons (Fsp3) is 0.545. The van der Waals surface area contributed by atoms with Crippen molar-refractivity contribution < 1.29 is 28.7 Å². The van der Waals surface area contributed by atoms with Gasteiger partial charge in [0.05, 0.1) is 0 Å². The summed E-state index contributed by atoms with van der Waals surface area (Å²) < 4.78 is 10.2. The lowest BCUT2D eigenvalue weighted by atomic mass is 10.0. The minimum absolute atomic E-state index is 0.105. The molecule has 0 heterocycles. The molecule has 172 valence electrons. The molecule has 0 aliphatic carbocycles. The highest BCUT2D eigenvalue weighted by Gasteiger charge is 2.28. The zero-order valence-corrected chi connectivity index (χ0v) is 19.0. The third kappa shape index (κ3) is 10.5. The van der Waals surface area contributed by atoms with Crippen molar-refractivity contribution in [2.45, 2.75) is 65.8 Å². The molecule has 0 aromatic heterocycles. The van der Waals surface area contributed by atoms with Gasteiger partial charge in [-0.25, -0.2) is 4.79 Å². The summed E-state index contributed by atoms with van der Waals surface area (Å²) in [6.07, 6.45) is -0.734. The summed E-state index contributed by atoms with van der Waals surface area (Å²) in [5.74, 6) is -1.92. The van der Waals surface area contributed by atoms with E-state index in [-0.39, 0.29) is 19.1 Å². The highest BCUT2D eigenvalue weighted by Crippen LogP contribution is 2.07. The van der Waals surface area contributed by atoms with Crippen LogP contribution in [0.1, 0.15) is 47.1 Å². The molecule has 0 fully saturated rings. The van der Waals surface area contributed by atoms with E-state index in [4.69, 9.17) is 9.47 Å². The molecule has 1 aromatic rings. The Morgan fingerprint density at radius 3 is 2.10 bits per heavy atom.